The maximum Gasteiger partial charge on any atom is 0.106 e. The number of rotatable bonds is 0. The van der Waals surface area contributed by atoms with Crippen molar-refractivity contribution in [3.63, 3.8) is 0 Å². The summed E-state index contributed by atoms with van der Waals surface area (Å²) in [6.45, 7) is 5.66. The van der Waals surface area contributed by atoms with Gasteiger partial charge in [-0.1, -0.05) is 0 Å². The van der Waals surface area contributed by atoms with Crippen LogP contribution in [0.5, 0.6) is 0 Å². The van der Waals surface area contributed by atoms with E-state index in [-0.39, 0.29) is 5.60 Å². The summed E-state index contributed by atoms with van der Waals surface area (Å²) in [7, 11) is 0. The van der Waals surface area contributed by atoms with E-state index in [1.807, 2.05) is 0 Å². The Morgan fingerprint density at radius 2 is 2.45 bits per heavy atom. The van der Waals surface area contributed by atoms with E-state index in [1.54, 1.807) is 0 Å². The van der Waals surface area contributed by atoms with Gasteiger partial charge in [0.15, 0.2) is 0 Å². The molecule has 2 fully saturated rings. The van der Waals surface area contributed by atoms with E-state index in [0.29, 0.717) is 6.10 Å². The molecular formula is C8H15NO2. The van der Waals surface area contributed by atoms with Gasteiger partial charge >= 0.3 is 0 Å². The lowest BCUT2D eigenvalue weighted by Crippen LogP contribution is -2.53. The molecule has 64 valence electrons. The molecule has 2 aliphatic rings. The van der Waals surface area contributed by atoms with Crippen molar-refractivity contribution < 1.29 is 9.47 Å². The molecule has 0 saturated carbocycles. The Balaban J connectivity index is 2.00. The van der Waals surface area contributed by atoms with Crippen LogP contribution in [0.4, 0.5) is 0 Å². The molecule has 2 aliphatic heterocycles. The molecule has 1 spiro atoms. The van der Waals surface area contributed by atoms with Crippen molar-refractivity contribution in [3.05, 3.63) is 0 Å². The number of ether oxygens (including phenoxy) is 2. The monoisotopic (exact) mass is 157 g/mol. The van der Waals surface area contributed by atoms with E-state index in [2.05, 4.69) is 12.2 Å². The third-order valence-corrected chi connectivity index (χ3v) is 2.40. The van der Waals surface area contributed by atoms with E-state index in [9.17, 15) is 0 Å². The highest BCUT2D eigenvalue weighted by atomic mass is 16.6. The zero-order valence-electron chi connectivity index (χ0n) is 6.93. The minimum Gasteiger partial charge on any atom is -0.378 e. The highest BCUT2D eigenvalue weighted by Gasteiger charge is 2.39. The van der Waals surface area contributed by atoms with Crippen LogP contribution in [0.2, 0.25) is 0 Å². The predicted molar refractivity (Wildman–Crippen MR) is 41.6 cm³/mol. The van der Waals surface area contributed by atoms with Gasteiger partial charge < -0.3 is 14.8 Å². The first-order valence-electron chi connectivity index (χ1n) is 4.27. The molecule has 0 aromatic carbocycles. The summed E-state index contributed by atoms with van der Waals surface area (Å²) < 4.78 is 11.2. The first-order valence-corrected chi connectivity index (χ1v) is 4.27. The van der Waals surface area contributed by atoms with Crippen molar-refractivity contribution in [2.45, 2.75) is 25.0 Å². The second-order valence-corrected chi connectivity index (χ2v) is 3.54. The summed E-state index contributed by atoms with van der Waals surface area (Å²) in [5, 5.41) is 3.36. The highest BCUT2D eigenvalue weighted by Crippen LogP contribution is 2.26. The molecule has 0 bridgehead atoms. The van der Waals surface area contributed by atoms with Crippen molar-refractivity contribution in [1.82, 2.24) is 5.32 Å². The number of hydrogen-bond donors (Lipinski definition) is 1. The molecule has 0 aromatic rings. The standard InChI is InChI=1S/C8H15NO2/c1-7-4-9-5-8(11-7)2-3-10-6-8/h7,9H,2-6H2,1H3/t7-,8+/m1/s1. The van der Waals surface area contributed by atoms with Gasteiger partial charge in [0.05, 0.1) is 12.7 Å². The lowest BCUT2D eigenvalue weighted by molar-refractivity contribution is -0.108. The van der Waals surface area contributed by atoms with E-state index in [4.69, 9.17) is 9.47 Å². The van der Waals surface area contributed by atoms with Crippen LogP contribution in [0.3, 0.4) is 0 Å². The normalized spacial score (nSPS) is 45.0. The fourth-order valence-electron chi connectivity index (χ4n) is 1.83. The lowest BCUT2D eigenvalue weighted by Gasteiger charge is -2.36. The largest absolute Gasteiger partial charge is 0.378 e. The Morgan fingerprint density at radius 1 is 1.55 bits per heavy atom. The van der Waals surface area contributed by atoms with Crippen LogP contribution in [0.1, 0.15) is 13.3 Å². The van der Waals surface area contributed by atoms with Gasteiger partial charge in [0, 0.05) is 26.1 Å². The molecule has 0 amide bonds. The Hall–Kier alpha value is -0.120. The summed E-state index contributed by atoms with van der Waals surface area (Å²) in [6, 6.07) is 0. The van der Waals surface area contributed by atoms with Crippen molar-refractivity contribution >= 4 is 0 Å². The van der Waals surface area contributed by atoms with Crippen LogP contribution < -0.4 is 5.32 Å². The topological polar surface area (TPSA) is 30.5 Å². The van der Waals surface area contributed by atoms with Crippen molar-refractivity contribution in [2.75, 3.05) is 26.3 Å². The molecular weight excluding hydrogens is 142 g/mol. The van der Waals surface area contributed by atoms with Crippen LogP contribution in [0.25, 0.3) is 0 Å². The summed E-state index contributed by atoms with van der Waals surface area (Å²) >= 11 is 0. The maximum absolute atomic E-state index is 5.85. The molecule has 3 heteroatoms. The second kappa shape index (κ2) is 2.73. The van der Waals surface area contributed by atoms with Gasteiger partial charge in [0.25, 0.3) is 0 Å². The third kappa shape index (κ3) is 1.41. The molecule has 0 aromatic heterocycles. The first kappa shape index (κ1) is 7.53. The number of morpholine rings is 1. The minimum absolute atomic E-state index is 0.0116. The quantitative estimate of drug-likeness (QED) is 0.543. The van der Waals surface area contributed by atoms with Gasteiger partial charge in [-0.05, 0) is 6.92 Å². The van der Waals surface area contributed by atoms with Gasteiger partial charge in [-0.15, -0.1) is 0 Å². The van der Waals surface area contributed by atoms with Gasteiger partial charge in [-0.3, -0.25) is 0 Å². The maximum atomic E-state index is 5.85. The van der Waals surface area contributed by atoms with Crippen LogP contribution in [-0.4, -0.2) is 38.0 Å². The SMILES string of the molecule is C[C@@H]1CNC[C@]2(CCOC2)O1. The Morgan fingerprint density at radius 3 is 3.09 bits per heavy atom. The van der Waals surface area contributed by atoms with Crippen molar-refractivity contribution in [3.8, 4) is 0 Å². The summed E-state index contributed by atoms with van der Waals surface area (Å²) in [5.41, 5.74) is 0.0116. The first-order chi connectivity index (χ1) is 5.31. The Kier molecular flexibility index (Phi) is 1.87. The number of hydrogen-bond acceptors (Lipinski definition) is 3. The van der Waals surface area contributed by atoms with E-state index in [1.165, 1.54) is 0 Å². The summed E-state index contributed by atoms with van der Waals surface area (Å²) in [4.78, 5) is 0. The third-order valence-electron chi connectivity index (χ3n) is 2.40. The zero-order valence-corrected chi connectivity index (χ0v) is 6.93. The molecule has 1 N–H and O–H groups in total. The van der Waals surface area contributed by atoms with Gasteiger partial charge in [-0.2, -0.15) is 0 Å². The van der Waals surface area contributed by atoms with Crippen LogP contribution in [0, 0.1) is 0 Å². The van der Waals surface area contributed by atoms with Gasteiger partial charge in [-0.25, -0.2) is 0 Å². The smallest absolute Gasteiger partial charge is 0.106 e. The second-order valence-electron chi connectivity index (χ2n) is 3.54. The van der Waals surface area contributed by atoms with E-state index >= 15 is 0 Å². The molecule has 2 heterocycles. The van der Waals surface area contributed by atoms with Crippen LogP contribution >= 0.6 is 0 Å². The average Bonchev–Trinajstić information content (AvgIpc) is 2.37. The molecule has 2 saturated heterocycles. The highest BCUT2D eigenvalue weighted by molar-refractivity contribution is 4.91. The zero-order chi connectivity index (χ0) is 7.73. The van der Waals surface area contributed by atoms with Gasteiger partial charge in [0.1, 0.15) is 5.60 Å². The Labute approximate surface area is 67.1 Å². The van der Waals surface area contributed by atoms with E-state index < -0.39 is 0 Å². The van der Waals surface area contributed by atoms with Crippen molar-refractivity contribution in [1.29, 1.82) is 0 Å². The molecule has 0 aliphatic carbocycles. The molecule has 0 radical (unpaired) electrons. The number of nitrogens with one attached hydrogen (secondary N) is 1. The van der Waals surface area contributed by atoms with Crippen LogP contribution in [0.15, 0.2) is 0 Å². The summed E-state index contributed by atoms with van der Waals surface area (Å²) in [6.07, 6.45) is 1.38. The minimum atomic E-state index is 0.0116. The fourth-order valence-corrected chi connectivity index (χ4v) is 1.83. The lowest BCUT2D eigenvalue weighted by atomic mass is 10.0. The predicted octanol–water partition coefficient (Wildman–Crippen LogP) is 0.154. The van der Waals surface area contributed by atoms with Crippen LogP contribution in [-0.2, 0) is 9.47 Å². The average molecular weight is 157 g/mol. The fraction of sp³-hybridized carbons (Fsp3) is 1.00. The molecule has 3 nitrogen and oxygen atoms in total. The molecule has 11 heavy (non-hydrogen) atoms. The van der Waals surface area contributed by atoms with Gasteiger partial charge in [0.2, 0.25) is 0 Å². The van der Waals surface area contributed by atoms with Crippen molar-refractivity contribution in [2.24, 2.45) is 0 Å². The molecule has 0 unspecified atom stereocenters. The summed E-state index contributed by atoms with van der Waals surface area (Å²) in [5.74, 6) is 0. The molecule has 2 rings (SSSR count). The molecule has 2 atom stereocenters. The van der Waals surface area contributed by atoms with E-state index in [0.717, 1.165) is 32.7 Å². The Bertz CT molecular complexity index is 143.